The smallest absolute Gasteiger partial charge is 0.00199 e. The summed E-state index contributed by atoms with van der Waals surface area (Å²) in [5, 5.41) is 12.8. The highest BCUT2D eigenvalue weighted by Gasteiger charge is 2.25. The molecule has 0 amide bonds. The van der Waals surface area contributed by atoms with Crippen LogP contribution in [0.2, 0.25) is 0 Å². The molecule has 0 N–H and O–H groups in total. The van der Waals surface area contributed by atoms with Gasteiger partial charge in [-0.15, -0.1) is 0 Å². The molecular weight excluding hydrogens is 601 g/mol. The number of benzene rings is 10. The van der Waals surface area contributed by atoms with E-state index >= 15 is 0 Å². The fraction of sp³-hybridized carbons (Fsp3) is 0. The van der Waals surface area contributed by atoms with Gasteiger partial charge >= 0.3 is 0 Å². The van der Waals surface area contributed by atoms with Crippen LogP contribution in [0.5, 0.6) is 0 Å². The summed E-state index contributed by atoms with van der Waals surface area (Å²) in [7, 11) is 0. The third-order valence-electron chi connectivity index (χ3n) is 11.0. The molecule has 0 unspecified atom stereocenters. The second-order valence-electron chi connectivity index (χ2n) is 13.5. The van der Waals surface area contributed by atoms with E-state index in [4.69, 9.17) is 0 Å². The maximum absolute atomic E-state index is 2.46. The van der Waals surface area contributed by atoms with E-state index in [2.05, 4.69) is 182 Å². The summed E-state index contributed by atoms with van der Waals surface area (Å²) >= 11 is 0. The van der Waals surface area contributed by atoms with Crippen LogP contribution in [-0.4, -0.2) is 0 Å². The Hall–Kier alpha value is -6.50. The molecule has 0 saturated heterocycles. The van der Waals surface area contributed by atoms with Crippen LogP contribution in [0, 0.1) is 0 Å². The Morgan fingerprint density at radius 3 is 1.36 bits per heavy atom. The van der Waals surface area contributed by atoms with Gasteiger partial charge in [-0.1, -0.05) is 176 Å². The molecule has 0 atom stereocenters. The van der Waals surface area contributed by atoms with Gasteiger partial charge in [0.15, 0.2) is 0 Å². The molecular formula is C50H30. The van der Waals surface area contributed by atoms with Gasteiger partial charge in [0.1, 0.15) is 0 Å². The molecule has 0 spiro atoms. The van der Waals surface area contributed by atoms with Crippen LogP contribution in [0.25, 0.3) is 109 Å². The number of rotatable bonds is 3. The first-order chi connectivity index (χ1) is 24.8. The molecule has 10 aromatic rings. The molecule has 0 aliphatic heterocycles. The predicted octanol–water partition coefficient (Wildman–Crippen LogP) is 14.1. The Balaban J connectivity index is 1.31. The summed E-state index contributed by atoms with van der Waals surface area (Å²) in [5.41, 5.74) is 12.9. The lowest BCUT2D eigenvalue weighted by atomic mass is 9.82. The van der Waals surface area contributed by atoms with Crippen molar-refractivity contribution in [2.24, 2.45) is 0 Å². The van der Waals surface area contributed by atoms with Gasteiger partial charge in [0.05, 0.1) is 0 Å². The highest BCUT2D eigenvalue weighted by molar-refractivity contribution is 6.28. The van der Waals surface area contributed by atoms with Gasteiger partial charge in [0, 0.05) is 0 Å². The Morgan fingerprint density at radius 1 is 0.220 bits per heavy atom. The molecule has 0 aromatic heterocycles. The molecule has 0 heterocycles. The minimum absolute atomic E-state index is 1.23. The lowest BCUT2D eigenvalue weighted by Crippen LogP contribution is -1.93. The zero-order chi connectivity index (χ0) is 32.8. The molecule has 0 heteroatoms. The summed E-state index contributed by atoms with van der Waals surface area (Å²) < 4.78 is 0. The zero-order valence-electron chi connectivity index (χ0n) is 27.3. The average molecular weight is 631 g/mol. The van der Waals surface area contributed by atoms with E-state index in [1.54, 1.807) is 0 Å². The lowest BCUT2D eigenvalue weighted by molar-refractivity contribution is 1.66. The summed E-state index contributed by atoms with van der Waals surface area (Å²) in [5.74, 6) is 0. The van der Waals surface area contributed by atoms with E-state index in [1.807, 2.05) is 0 Å². The summed E-state index contributed by atoms with van der Waals surface area (Å²) in [6.45, 7) is 0. The van der Waals surface area contributed by atoms with Gasteiger partial charge < -0.3 is 0 Å². The third-order valence-corrected chi connectivity index (χ3v) is 11.0. The van der Waals surface area contributed by atoms with E-state index in [0.717, 1.165) is 0 Å². The first kappa shape index (κ1) is 27.5. The van der Waals surface area contributed by atoms with Crippen LogP contribution in [-0.2, 0) is 0 Å². The molecule has 0 saturated carbocycles. The van der Waals surface area contributed by atoms with Crippen LogP contribution in [0.1, 0.15) is 0 Å². The maximum Gasteiger partial charge on any atom is -0.00199 e. The molecule has 11 rings (SSSR count). The van der Waals surface area contributed by atoms with Gasteiger partial charge in [-0.2, -0.15) is 0 Å². The van der Waals surface area contributed by atoms with Crippen molar-refractivity contribution in [3.05, 3.63) is 182 Å². The first-order valence-electron chi connectivity index (χ1n) is 17.4. The van der Waals surface area contributed by atoms with Crippen LogP contribution in [0.4, 0.5) is 0 Å². The molecule has 0 bridgehead atoms. The van der Waals surface area contributed by atoms with Gasteiger partial charge in [0.25, 0.3) is 0 Å². The molecule has 50 heavy (non-hydrogen) atoms. The van der Waals surface area contributed by atoms with Crippen molar-refractivity contribution in [3.63, 3.8) is 0 Å². The van der Waals surface area contributed by atoms with Gasteiger partial charge in [0.2, 0.25) is 0 Å². The van der Waals surface area contributed by atoms with Gasteiger partial charge in [-0.3, -0.25) is 0 Å². The van der Waals surface area contributed by atoms with Crippen molar-refractivity contribution >= 4 is 53.9 Å². The maximum atomic E-state index is 2.46. The first-order valence-corrected chi connectivity index (χ1v) is 17.4. The number of hydrogen-bond donors (Lipinski definition) is 0. The van der Waals surface area contributed by atoms with Crippen molar-refractivity contribution < 1.29 is 0 Å². The largest absolute Gasteiger partial charge is 0.0616 e. The van der Waals surface area contributed by atoms with E-state index in [9.17, 15) is 0 Å². The Labute approximate surface area is 290 Å². The van der Waals surface area contributed by atoms with E-state index in [1.165, 1.54) is 109 Å². The van der Waals surface area contributed by atoms with Crippen LogP contribution >= 0.6 is 0 Å². The fourth-order valence-electron chi connectivity index (χ4n) is 8.87. The fourth-order valence-corrected chi connectivity index (χ4v) is 8.87. The molecule has 10 aromatic carbocycles. The predicted molar refractivity (Wildman–Crippen MR) is 215 cm³/mol. The minimum Gasteiger partial charge on any atom is -0.0616 e. The highest BCUT2D eigenvalue weighted by atomic mass is 14.3. The molecule has 0 fully saturated rings. The van der Waals surface area contributed by atoms with Crippen LogP contribution < -0.4 is 0 Å². The summed E-state index contributed by atoms with van der Waals surface area (Å²) in [4.78, 5) is 0. The SMILES string of the molecule is c1ccc2c(c1)-c1cccc3c(-c4c5ccccc5c(-c5cccc6ccccc56)c5ccc(-c6cccc7ccccc67)cc45)ccc-2c13. The molecule has 1 aliphatic rings. The molecule has 230 valence electrons. The quantitative estimate of drug-likeness (QED) is 0.170. The standard InChI is InChI=1S/C50H30/c1-3-16-34-31(12-1)14-9-22-36(34)33-26-27-46-47(30-33)50(45-29-28-44-38-19-6-5-18-37(38)40-24-11-25-43(45)49(40)44)42-21-8-7-20-41(42)48(46)39-23-10-15-32-13-2-4-17-35(32)39/h1-30H. The number of hydrogen-bond acceptors (Lipinski definition) is 0. The Bertz CT molecular complexity index is 2990. The van der Waals surface area contributed by atoms with E-state index in [-0.39, 0.29) is 0 Å². The van der Waals surface area contributed by atoms with Crippen molar-refractivity contribution in [2.75, 3.05) is 0 Å². The second-order valence-corrected chi connectivity index (χ2v) is 13.5. The zero-order valence-corrected chi connectivity index (χ0v) is 27.3. The van der Waals surface area contributed by atoms with Crippen molar-refractivity contribution in [2.45, 2.75) is 0 Å². The average Bonchev–Trinajstić information content (AvgIpc) is 3.51. The van der Waals surface area contributed by atoms with Crippen LogP contribution in [0.15, 0.2) is 182 Å². The third kappa shape index (κ3) is 3.82. The topological polar surface area (TPSA) is 0 Å². The molecule has 1 aliphatic carbocycles. The normalized spacial score (nSPS) is 12.0. The summed E-state index contributed by atoms with van der Waals surface area (Å²) in [6.07, 6.45) is 0. The molecule has 0 nitrogen and oxygen atoms in total. The lowest BCUT2D eigenvalue weighted by Gasteiger charge is -2.21. The Morgan fingerprint density at radius 2 is 0.640 bits per heavy atom. The number of fused-ring (bicyclic) bond motifs is 7. The molecule has 0 radical (unpaired) electrons. The summed E-state index contributed by atoms with van der Waals surface area (Å²) in [6, 6.07) is 67.6. The monoisotopic (exact) mass is 630 g/mol. The van der Waals surface area contributed by atoms with Crippen molar-refractivity contribution in [3.8, 4) is 55.6 Å². The Kier molecular flexibility index (Phi) is 5.76. The van der Waals surface area contributed by atoms with Crippen molar-refractivity contribution in [1.29, 1.82) is 0 Å². The van der Waals surface area contributed by atoms with Gasteiger partial charge in [-0.05, 0) is 116 Å². The minimum atomic E-state index is 1.23. The second kappa shape index (κ2) is 10.5. The highest BCUT2D eigenvalue weighted by Crippen LogP contribution is 2.52. The van der Waals surface area contributed by atoms with E-state index < -0.39 is 0 Å². The van der Waals surface area contributed by atoms with Gasteiger partial charge in [-0.25, -0.2) is 0 Å². The van der Waals surface area contributed by atoms with E-state index in [0.29, 0.717) is 0 Å². The van der Waals surface area contributed by atoms with Crippen LogP contribution in [0.3, 0.4) is 0 Å². The van der Waals surface area contributed by atoms with Crippen molar-refractivity contribution in [1.82, 2.24) is 0 Å².